The van der Waals surface area contributed by atoms with Crippen LogP contribution in [0.5, 0.6) is 0 Å². The summed E-state index contributed by atoms with van der Waals surface area (Å²) in [4.78, 5) is 22.9. The molecule has 1 fully saturated rings. The number of hydrogen-bond acceptors (Lipinski definition) is 6. The summed E-state index contributed by atoms with van der Waals surface area (Å²) in [6.45, 7) is 4.62. The third-order valence-corrected chi connectivity index (χ3v) is 5.64. The van der Waals surface area contributed by atoms with E-state index in [9.17, 15) is 4.79 Å². The van der Waals surface area contributed by atoms with Gasteiger partial charge in [-0.2, -0.15) is 0 Å². The van der Waals surface area contributed by atoms with Gasteiger partial charge in [0.1, 0.15) is 6.33 Å². The standard InChI is InChI=1S/C23H27N5O2/c1-17(21-7-10-24-16-25-21)26-23(29)22-14-20(30-27-22)15-28-11-8-19(9-12-28)13-18-5-3-2-4-6-18/h2-7,10,14,16-17,19H,8-9,11-13,15H2,1H3,(H,26,29). The van der Waals surface area contributed by atoms with E-state index in [2.05, 4.69) is 55.7 Å². The zero-order chi connectivity index (χ0) is 20.8. The van der Waals surface area contributed by atoms with Crippen LogP contribution in [0.3, 0.4) is 0 Å². The van der Waals surface area contributed by atoms with Gasteiger partial charge in [-0.1, -0.05) is 35.5 Å². The Kier molecular flexibility index (Phi) is 6.49. The van der Waals surface area contributed by atoms with Crippen molar-refractivity contribution in [2.45, 2.75) is 38.8 Å². The predicted octanol–water partition coefficient (Wildman–Crippen LogP) is 3.41. The van der Waals surface area contributed by atoms with E-state index in [-0.39, 0.29) is 11.9 Å². The topological polar surface area (TPSA) is 84.2 Å². The second-order valence-electron chi connectivity index (χ2n) is 7.92. The zero-order valence-electron chi connectivity index (χ0n) is 17.2. The quantitative estimate of drug-likeness (QED) is 0.648. The van der Waals surface area contributed by atoms with Crippen LogP contribution in [0.25, 0.3) is 0 Å². The van der Waals surface area contributed by atoms with Gasteiger partial charge in [0.05, 0.1) is 18.3 Å². The van der Waals surface area contributed by atoms with E-state index in [1.807, 2.05) is 6.92 Å². The molecule has 3 aromatic rings. The summed E-state index contributed by atoms with van der Waals surface area (Å²) in [6, 6.07) is 14.0. The maximum Gasteiger partial charge on any atom is 0.273 e. The molecule has 4 rings (SSSR count). The molecular formula is C23H27N5O2. The predicted molar refractivity (Wildman–Crippen MR) is 113 cm³/mol. The van der Waals surface area contributed by atoms with Gasteiger partial charge in [-0.25, -0.2) is 9.97 Å². The Hall–Kier alpha value is -3.06. The van der Waals surface area contributed by atoms with Gasteiger partial charge in [0.25, 0.3) is 5.91 Å². The van der Waals surface area contributed by atoms with Crippen LogP contribution in [0.1, 0.15) is 53.3 Å². The number of hydrogen-bond donors (Lipinski definition) is 1. The molecule has 30 heavy (non-hydrogen) atoms. The van der Waals surface area contributed by atoms with Gasteiger partial charge in [0.2, 0.25) is 0 Å². The number of carbonyl (C=O) groups is 1. The van der Waals surface area contributed by atoms with Crippen LogP contribution in [0.15, 0.2) is 59.5 Å². The van der Waals surface area contributed by atoms with E-state index in [0.717, 1.165) is 36.9 Å². The summed E-state index contributed by atoms with van der Waals surface area (Å²) in [5, 5.41) is 6.85. The molecule has 0 spiro atoms. The number of carbonyl (C=O) groups excluding carboxylic acids is 1. The number of aromatic nitrogens is 3. The van der Waals surface area contributed by atoms with E-state index in [0.29, 0.717) is 12.2 Å². The van der Waals surface area contributed by atoms with E-state index in [1.165, 1.54) is 24.7 Å². The van der Waals surface area contributed by atoms with Crippen LogP contribution >= 0.6 is 0 Å². The first kappa shape index (κ1) is 20.2. The van der Waals surface area contributed by atoms with Gasteiger partial charge < -0.3 is 9.84 Å². The summed E-state index contributed by atoms with van der Waals surface area (Å²) in [7, 11) is 0. The molecule has 3 heterocycles. The second kappa shape index (κ2) is 9.63. The first-order valence-electron chi connectivity index (χ1n) is 10.5. The highest BCUT2D eigenvalue weighted by atomic mass is 16.5. The average molecular weight is 406 g/mol. The third kappa shape index (κ3) is 5.30. The highest BCUT2D eigenvalue weighted by molar-refractivity contribution is 5.92. The van der Waals surface area contributed by atoms with Crippen molar-refractivity contribution in [3.8, 4) is 0 Å². The minimum Gasteiger partial charge on any atom is -0.359 e. The number of amides is 1. The maximum atomic E-state index is 12.5. The Bertz CT molecular complexity index is 936. The first-order valence-corrected chi connectivity index (χ1v) is 10.5. The van der Waals surface area contributed by atoms with Crippen molar-refractivity contribution in [3.63, 3.8) is 0 Å². The fourth-order valence-corrected chi connectivity index (χ4v) is 3.91. The number of nitrogens with one attached hydrogen (secondary N) is 1. The van der Waals surface area contributed by atoms with E-state index in [1.54, 1.807) is 18.3 Å². The third-order valence-electron chi connectivity index (χ3n) is 5.64. The fourth-order valence-electron chi connectivity index (χ4n) is 3.91. The maximum absolute atomic E-state index is 12.5. The van der Waals surface area contributed by atoms with Crippen LogP contribution in [0.2, 0.25) is 0 Å². The fraction of sp³-hybridized carbons (Fsp3) is 0.391. The van der Waals surface area contributed by atoms with E-state index < -0.39 is 0 Å². The Morgan fingerprint density at radius 2 is 2.03 bits per heavy atom. The zero-order valence-corrected chi connectivity index (χ0v) is 17.2. The Labute approximate surface area is 176 Å². The van der Waals surface area contributed by atoms with Crippen LogP contribution in [0.4, 0.5) is 0 Å². The molecule has 1 unspecified atom stereocenters. The second-order valence-corrected chi connectivity index (χ2v) is 7.92. The molecule has 1 amide bonds. The van der Waals surface area contributed by atoms with Crippen molar-refractivity contribution >= 4 is 5.91 Å². The molecule has 1 aliphatic heterocycles. The van der Waals surface area contributed by atoms with Crippen LogP contribution in [-0.4, -0.2) is 39.0 Å². The molecule has 7 heteroatoms. The number of likely N-dealkylation sites (tertiary alicyclic amines) is 1. The van der Waals surface area contributed by atoms with Gasteiger partial charge in [0.15, 0.2) is 11.5 Å². The van der Waals surface area contributed by atoms with Gasteiger partial charge in [0, 0.05) is 12.3 Å². The van der Waals surface area contributed by atoms with Crippen molar-refractivity contribution in [1.29, 1.82) is 0 Å². The summed E-state index contributed by atoms with van der Waals surface area (Å²) < 4.78 is 5.42. The lowest BCUT2D eigenvalue weighted by atomic mass is 9.90. The lowest BCUT2D eigenvalue weighted by Crippen LogP contribution is -2.33. The summed E-state index contributed by atoms with van der Waals surface area (Å²) in [5.74, 6) is 1.18. The number of benzene rings is 1. The largest absolute Gasteiger partial charge is 0.359 e. The lowest BCUT2D eigenvalue weighted by Gasteiger charge is -2.31. The molecule has 0 radical (unpaired) electrons. The van der Waals surface area contributed by atoms with Crippen LogP contribution in [0, 0.1) is 5.92 Å². The lowest BCUT2D eigenvalue weighted by molar-refractivity contribution is 0.0929. The molecule has 1 N–H and O–H groups in total. The first-order chi connectivity index (χ1) is 14.7. The molecule has 1 aromatic carbocycles. The van der Waals surface area contributed by atoms with Gasteiger partial charge >= 0.3 is 0 Å². The summed E-state index contributed by atoms with van der Waals surface area (Å²) >= 11 is 0. The Balaban J connectivity index is 1.25. The highest BCUT2D eigenvalue weighted by Crippen LogP contribution is 2.23. The molecule has 1 saturated heterocycles. The van der Waals surface area contributed by atoms with Gasteiger partial charge in [-0.15, -0.1) is 0 Å². The van der Waals surface area contributed by atoms with Crippen LogP contribution < -0.4 is 5.32 Å². The minimum absolute atomic E-state index is 0.232. The van der Waals surface area contributed by atoms with Gasteiger partial charge in [-0.3, -0.25) is 9.69 Å². The minimum atomic E-state index is -0.266. The normalized spacial score (nSPS) is 16.3. The van der Waals surface area contributed by atoms with Crippen molar-refractivity contribution in [2.24, 2.45) is 5.92 Å². The number of rotatable bonds is 7. The number of nitrogens with zero attached hydrogens (tertiary/aromatic N) is 4. The van der Waals surface area contributed by atoms with Crippen LogP contribution in [-0.2, 0) is 13.0 Å². The Morgan fingerprint density at radius 3 is 2.77 bits per heavy atom. The molecule has 0 aliphatic carbocycles. The Morgan fingerprint density at radius 1 is 1.23 bits per heavy atom. The average Bonchev–Trinajstić information content (AvgIpc) is 3.25. The molecule has 1 atom stereocenters. The molecule has 1 aliphatic rings. The van der Waals surface area contributed by atoms with Crippen molar-refractivity contribution < 1.29 is 9.32 Å². The van der Waals surface area contributed by atoms with Crippen molar-refractivity contribution in [3.05, 3.63) is 77.7 Å². The van der Waals surface area contributed by atoms with E-state index >= 15 is 0 Å². The summed E-state index contributed by atoms with van der Waals surface area (Å²) in [5.41, 5.74) is 2.46. The van der Waals surface area contributed by atoms with Crippen molar-refractivity contribution in [2.75, 3.05) is 13.1 Å². The monoisotopic (exact) mass is 405 g/mol. The number of piperidine rings is 1. The molecule has 156 valence electrons. The highest BCUT2D eigenvalue weighted by Gasteiger charge is 2.22. The molecule has 7 nitrogen and oxygen atoms in total. The van der Waals surface area contributed by atoms with Gasteiger partial charge in [-0.05, 0) is 56.8 Å². The van der Waals surface area contributed by atoms with E-state index in [4.69, 9.17) is 4.52 Å². The smallest absolute Gasteiger partial charge is 0.273 e. The van der Waals surface area contributed by atoms with Crippen molar-refractivity contribution in [1.82, 2.24) is 25.3 Å². The SMILES string of the molecule is CC(NC(=O)c1cc(CN2CCC(Cc3ccccc3)CC2)on1)c1ccncn1. The molecule has 2 aromatic heterocycles. The molecule has 0 bridgehead atoms. The summed E-state index contributed by atoms with van der Waals surface area (Å²) in [6.07, 6.45) is 6.61. The molecular weight excluding hydrogens is 378 g/mol. The molecule has 0 saturated carbocycles.